The Morgan fingerprint density at radius 1 is 1.09 bits per heavy atom. The maximum atomic E-state index is 12.4. The number of methoxy groups -OCH3 is 1. The fraction of sp³-hybridized carbons (Fsp3) is 0.217. The fourth-order valence-electron chi connectivity index (χ4n) is 3.45. The Hall–Kier alpha value is -3.08. The number of sulfone groups is 1. The Morgan fingerprint density at radius 3 is 2.47 bits per heavy atom. The standard InChI is InChI=1S/C23H21ClN4O4S2/c1-13(2)16-10-5-6-11-17(16)28-20(18(24)19(27-28)23(29)32-3)22-26-25-21(33-22)14-8-7-9-15(12-14)34(4,30)31/h5-13H,1-4H3. The Balaban J connectivity index is 1.91. The first-order chi connectivity index (χ1) is 16.1. The number of hydrogen-bond acceptors (Lipinski definition) is 8. The lowest BCUT2D eigenvalue weighted by Crippen LogP contribution is -2.07. The minimum atomic E-state index is -3.38. The molecule has 4 rings (SSSR count). The van der Waals surface area contributed by atoms with Crippen molar-refractivity contribution in [1.82, 2.24) is 20.0 Å². The van der Waals surface area contributed by atoms with E-state index in [1.165, 1.54) is 24.5 Å². The van der Waals surface area contributed by atoms with Crippen molar-refractivity contribution >= 4 is 38.7 Å². The van der Waals surface area contributed by atoms with Crippen molar-refractivity contribution in [2.24, 2.45) is 0 Å². The molecule has 0 fully saturated rings. The zero-order valence-corrected chi connectivity index (χ0v) is 21.2. The third-order valence-electron chi connectivity index (χ3n) is 5.13. The topological polar surface area (TPSA) is 104 Å². The van der Waals surface area contributed by atoms with Gasteiger partial charge in [0.15, 0.2) is 20.5 Å². The molecular weight excluding hydrogens is 496 g/mol. The van der Waals surface area contributed by atoms with E-state index in [0.29, 0.717) is 21.3 Å². The fourth-order valence-corrected chi connectivity index (χ4v) is 5.33. The molecule has 0 radical (unpaired) electrons. The molecule has 0 aliphatic carbocycles. The van der Waals surface area contributed by atoms with Crippen LogP contribution in [-0.4, -0.2) is 47.7 Å². The molecule has 0 atom stereocenters. The molecule has 8 nitrogen and oxygen atoms in total. The van der Waals surface area contributed by atoms with E-state index in [2.05, 4.69) is 29.1 Å². The smallest absolute Gasteiger partial charge is 0.360 e. The predicted octanol–water partition coefficient (Wildman–Crippen LogP) is 5.02. The van der Waals surface area contributed by atoms with Crippen LogP contribution in [0.2, 0.25) is 5.02 Å². The lowest BCUT2D eigenvalue weighted by atomic mass is 10.0. The molecule has 0 unspecified atom stereocenters. The molecule has 2 aromatic carbocycles. The highest BCUT2D eigenvalue weighted by molar-refractivity contribution is 7.90. The minimum Gasteiger partial charge on any atom is -0.464 e. The Morgan fingerprint density at radius 2 is 1.79 bits per heavy atom. The minimum absolute atomic E-state index is 0.0338. The monoisotopic (exact) mass is 516 g/mol. The van der Waals surface area contributed by atoms with Gasteiger partial charge in [0.1, 0.15) is 15.7 Å². The third kappa shape index (κ3) is 4.48. The van der Waals surface area contributed by atoms with Crippen molar-refractivity contribution in [3.05, 3.63) is 64.8 Å². The van der Waals surface area contributed by atoms with Crippen molar-refractivity contribution in [3.8, 4) is 27.0 Å². The number of halogens is 1. The highest BCUT2D eigenvalue weighted by atomic mass is 35.5. The summed E-state index contributed by atoms with van der Waals surface area (Å²) in [4.78, 5) is 12.6. The van der Waals surface area contributed by atoms with Gasteiger partial charge in [-0.3, -0.25) is 0 Å². The predicted molar refractivity (Wildman–Crippen MR) is 131 cm³/mol. The third-order valence-corrected chi connectivity index (χ3v) is 7.58. The van der Waals surface area contributed by atoms with Gasteiger partial charge in [0.05, 0.1) is 17.7 Å². The van der Waals surface area contributed by atoms with Crippen LogP contribution in [0.25, 0.3) is 27.0 Å². The van der Waals surface area contributed by atoms with Gasteiger partial charge < -0.3 is 4.74 Å². The van der Waals surface area contributed by atoms with Crippen LogP contribution in [0.3, 0.4) is 0 Å². The quantitative estimate of drug-likeness (QED) is 0.331. The van der Waals surface area contributed by atoms with E-state index >= 15 is 0 Å². The van der Waals surface area contributed by atoms with E-state index in [1.54, 1.807) is 22.9 Å². The van der Waals surface area contributed by atoms with E-state index in [1.807, 2.05) is 24.3 Å². The van der Waals surface area contributed by atoms with E-state index in [4.69, 9.17) is 16.3 Å². The second-order valence-corrected chi connectivity index (χ2v) is 11.2. The van der Waals surface area contributed by atoms with E-state index in [-0.39, 0.29) is 21.5 Å². The Kier molecular flexibility index (Phi) is 6.57. The summed E-state index contributed by atoms with van der Waals surface area (Å²) < 4.78 is 30.4. The number of benzene rings is 2. The lowest BCUT2D eigenvalue weighted by molar-refractivity contribution is 0.0593. The summed E-state index contributed by atoms with van der Waals surface area (Å²) in [7, 11) is -2.12. The molecule has 0 N–H and O–H groups in total. The number of carbonyl (C=O) groups excluding carboxylic acids is 1. The van der Waals surface area contributed by atoms with Crippen LogP contribution in [0.4, 0.5) is 0 Å². The summed E-state index contributed by atoms with van der Waals surface area (Å²) in [5.41, 5.74) is 2.72. The number of rotatable bonds is 6. The molecule has 0 spiro atoms. The summed E-state index contributed by atoms with van der Waals surface area (Å²) in [6.45, 7) is 4.12. The van der Waals surface area contributed by atoms with Crippen LogP contribution in [0.15, 0.2) is 53.4 Å². The molecule has 11 heteroatoms. The number of aromatic nitrogens is 4. The Bertz CT molecular complexity index is 1490. The van der Waals surface area contributed by atoms with Crippen LogP contribution < -0.4 is 0 Å². The summed E-state index contributed by atoms with van der Waals surface area (Å²) in [5, 5.41) is 14.0. The van der Waals surface area contributed by atoms with Crippen molar-refractivity contribution in [2.75, 3.05) is 13.4 Å². The largest absolute Gasteiger partial charge is 0.464 e. The highest BCUT2D eigenvalue weighted by Gasteiger charge is 2.28. The first-order valence-corrected chi connectivity index (χ1v) is 13.3. The SMILES string of the molecule is COC(=O)c1nn(-c2ccccc2C(C)C)c(-c2nnc(-c3cccc(S(C)(=O)=O)c3)s2)c1Cl. The molecule has 0 saturated heterocycles. The van der Waals surface area contributed by atoms with Gasteiger partial charge in [-0.15, -0.1) is 10.2 Å². The van der Waals surface area contributed by atoms with Gasteiger partial charge in [-0.25, -0.2) is 17.9 Å². The lowest BCUT2D eigenvalue weighted by Gasteiger charge is -2.14. The highest BCUT2D eigenvalue weighted by Crippen LogP contribution is 2.38. The first kappa shape index (κ1) is 24.1. The number of para-hydroxylation sites is 1. The summed E-state index contributed by atoms with van der Waals surface area (Å²) in [6, 6.07) is 14.2. The van der Waals surface area contributed by atoms with Gasteiger partial charge in [0, 0.05) is 11.8 Å². The van der Waals surface area contributed by atoms with Crippen LogP contribution in [0.1, 0.15) is 35.8 Å². The number of ether oxygens (including phenoxy) is 1. The van der Waals surface area contributed by atoms with Crippen molar-refractivity contribution < 1.29 is 17.9 Å². The molecule has 2 heterocycles. The van der Waals surface area contributed by atoms with E-state index in [0.717, 1.165) is 17.5 Å². The van der Waals surface area contributed by atoms with Crippen LogP contribution in [-0.2, 0) is 14.6 Å². The molecule has 176 valence electrons. The summed E-state index contributed by atoms with van der Waals surface area (Å²) in [6.07, 6.45) is 1.15. The summed E-state index contributed by atoms with van der Waals surface area (Å²) >= 11 is 7.85. The van der Waals surface area contributed by atoms with Crippen LogP contribution in [0.5, 0.6) is 0 Å². The maximum absolute atomic E-state index is 12.4. The molecule has 0 saturated carbocycles. The normalized spacial score (nSPS) is 11.7. The van der Waals surface area contributed by atoms with Crippen LogP contribution in [0, 0.1) is 0 Å². The zero-order chi connectivity index (χ0) is 24.6. The molecule has 0 bridgehead atoms. The Labute approximate surface area is 206 Å². The molecule has 0 aliphatic rings. The van der Waals surface area contributed by atoms with Crippen molar-refractivity contribution in [2.45, 2.75) is 24.7 Å². The number of esters is 1. The zero-order valence-electron chi connectivity index (χ0n) is 18.8. The van der Waals surface area contributed by atoms with Gasteiger partial charge in [0.25, 0.3) is 0 Å². The number of hydrogen-bond donors (Lipinski definition) is 0. The molecular formula is C23H21ClN4O4S2. The molecule has 0 amide bonds. The molecule has 4 aromatic rings. The van der Waals surface area contributed by atoms with Crippen molar-refractivity contribution in [1.29, 1.82) is 0 Å². The second kappa shape index (κ2) is 9.28. The van der Waals surface area contributed by atoms with Gasteiger partial charge in [-0.05, 0) is 29.7 Å². The van der Waals surface area contributed by atoms with Gasteiger partial charge >= 0.3 is 5.97 Å². The van der Waals surface area contributed by atoms with Crippen molar-refractivity contribution in [3.63, 3.8) is 0 Å². The molecule has 2 aromatic heterocycles. The number of nitrogens with zero attached hydrogens (tertiary/aromatic N) is 4. The van der Waals surface area contributed by atoms with E-state index < -0.39 is 15.8 Å². The average molecular weight is 517 g/mol. The molecule has 0 aliphatic heterocycles. The van der Waals surface area contributed by atoms with Gasteiger partial charge in [0.2, 0.25) is 0 Å². The van der Waals surface area contributed by atoms with Crippen LogP contribution >= 0.6 is 22.9 Å². The average Bonchev–Trinajstić information content (AvgIpc) is 3.42. The molecule has 34 heavy (non-hydrogen) atoms. The second-order valence-electron chi connectivity index (χ2n) is 7.84. The van der Waals surface area contributed by atoms with Gasteiger partial charge in [-0.2, -0.15) is 5.10 Å². The summed E-state index contributed by atoms with van der Waals surface area (Å²) in [5.74, 6) is -0.491. The van der Waals surface area contributed by atoms with Gasteiger partial charge in [-0.1, -0.05) is 67.1 Å². The maximum Gasteiger partial charge on any atom is 0.360 e. The number of carbonyl (C=O) groups is 1. The first-order valence-electron chi connectivity index (χ1n) is 10.2. The van der Waals surface area contributed by atoms with E-state index in [9.17, 15) is 13.2 Å².